The van der Waals surface area contributed by atoms with Crippen LogP contribution in [0.5, 0.6) is 5.75 Å². The number of benzene rings is 2. The molecule has 1 fully saturated rings. The fourth-order valence-corrected chi connectivity index (χ4v) is 4.99. The number of imidazole rings is 1. The summed E-state index contributed by atoms with van der Waals surface area (Å²) in [6, 6.07) is 10.6. The highest BCUT2D eigenvalue weighted by Crippen LogP contribution is 2.28. The van der Waals surface area contributed by atoms with Gasteiger partial charge in [-0.05, 0) is 55.0 Å². The Kier molecular flexibility index (Phi) is 8.48. The second-order valence-corrected chi connectivity index (χ2v) is 10.1. The van der Waals surface area contributed by atoms with Crippen LogP contribution in [0.15, 0.2) is 61.1 Å². The molecule has 1 aliphatic heterocycles. The molecule has 14 heteroatoms. The van der Waals surface area contributed by atoms with Crippen LogP contribution in [0.25, 0.3) is 16.9 Å². The molecule has 0 radical (unpaired) electrons. The number of nitrogens with one attached hydrogen (secondary N) is 1. The number of hydrogen-bond acceptors (Lipinski definition) is 8. The minimum Gasteiger partial charge on any atom is -0.435 e. The Balaban J connectivity index is 1.26. The van der Waals surface area contributed by atoms with Crippen molar-refractivity contribution in [3.05, 3.63) is 72.2 Å². The second kappa shape index (κ2) is 12.4. The zero-order valence-electron chi connectivity index (χ0n) is 23.2. The number of ether oxygens (including phenoxy) is 1. The zero-order chi connectivity index (χ0) is 30.7. The highest BCUT2D eigenvalue weighted by Gasteiger charge is 2.29. The lowest BCUT2D eigenvalue weighted by molar-refractivity contribution is -0.136. The third-order valence-electron chi connectivity index (χ3n) is 7.14. The molecule has 5 rings (SSSR count). The van der Waals surface area contributed by atoms with E-state index in [1.165, 1.54) is 12.1 Å². The van der Waals surface area contributed by atoms with E-state index in [2.05, 4.69) is 20.0 Å². The van der Waals surface area contributed by atoms with Gasteiger partial charge in [0.25, 0.3) is 5.91 Å². The van der Waals surface area contributed by atoms with Crippen LogP contribution in [0.4, 0.5) is 20.3 Å². The van der Waals surface area contributed by atoms with Gasteiger partial charge in [0.15, 0.2) is 11.5 Å². The van der Waals surface area contributed by atoms with Gasteiger partial charge in [0.1, 0.15) is 5.75 Å². The molecule has 0 saturated carbocycles. The van der Waals surface area contributed by atoms with E-state index in [4.69, 9.17) is 11.5 Å². The Hall–Kier alpha value is -5.11. The number of amides is 3. The number of carbonyl (C=O) groups excluding carboxylic acids is 3. The summed E-state index contributed by atoms with van der Waals surface area (Å²) < 4.78 is 31.2. The molecule has 3 amide bonds. The Morgan fingerprint density at radius 1 is 1.02 bits per heavy atom. The largest absolute Gasteiger partial charge is 0.435 e. The molecule has 1 atom stereocenters. The first-order valence-corrected chi connectivity index (χ1v) is 13.5. The molecule has 0 bridgehead atoms. The monoisotopic (exact) mass is 592 g/mol. The summed E-state index contributed by atoms with van der Waals surface area (Å²) in [6.45, 7) is 0.236. The molecule has 5 N–H and O–H groups in total. The number of fused-ring (bicyclic) bond motifs is 1. The fraction of sp³-hybridized carbons (Fsp3) is 0.276. The van der Waals surface area contributed by atoms with E-state index in [0.717, 1.165) is 16.8 Å². The van der Waals surface area contributed by atoms with Crippen LogP contribution in [-0.4, -0.2) is 80.7 Å². The predicted octanol–water partition coefficient (Wildman–Crippen LogP) is 2.54. The van der Waals surface area contributed by atoms with Crippen LogP contribution in [-0.2, 0) is 9.59 Å². The summed E-state index contributed by atoms with van der Waals surface area (Å²) in [7, 11) is 0. The van der Waals surface area contributed by atoms with Crippen LogP contribution >= 0.6 is 0 Å². The molecule has 2 aromatic carbocycles. The molecule has 0 aliphatic carbocycles. The van der Waals surface area contributed by atoms with Crippen molar-refractivity contribution < 1.29 is 27.9 Å². The van der Waals surface area contributed by atoms with E-state index in [0.29, 0.717) is 48.9 Å². The minimum atomic E-state index is -2.90. The minimum absolute atomic E-state index is 0.0630. The highest BCUT2D eigenvalue weighted by atomic mass is 19.3. The molecule has 0 spiro atoms. The van der Waals surface area contributed by atoms with Crippen molar-refractivity contribution in [1.82, 2.24) is 24.2 Å². The molecular weight excluding hydrogens is 562 g/mol. The first kappa shape index (κ1) is 29.4. The summed E-state index contributed by atoms with van der Waals surface area (Å²) in [5.41, 5.74) is 14.9. The molecule has 1 saturated heterocycles. The highest BCUT2D eigenvalue weighted by molar-refractivity contribution is 5.96. The summed E-state index contributed by atoms with van der Waals surface area (Å²) in [5.74, 6) is -0.602. The lowest BCUT2D eigenvalue weighted by atomic mass is 10.1. The van der Waals surface area contributed by atoms with Gasteiger partial charge < -0.3 is 31.3 Å². The van der Waals surface area contributed by atoms with E-state index in [1.807, 2.05) is 17.4 Å². The van der Waals surface area contributed by atoms with E-state index in [9.17, 15) is 23.2 Å². The Morgan fingerprint density at radius 3 is 2.37 bits per heavy atom. The predicted molar refractivity (Wildman–Crippen MR) is 154 cm³/mol. The standard InChI is InChI=1S/C29H30F2N8O4/c1-17-14-19(4-7-21(17)27(41)37-10-12-38(13-11-37)28(42)22(32)15-24(33)40)36-25-26-35-16-23(39(26)9-8-34-25)18-2-5-20(6-3-18)43-29(30)31/h2-9,14,16,22,29H,10-13,15,32H2,1H3,(H2,33,40)(H,34,36). The molecule has 224 valence electrons. The maximum atomic E-state index is 13.3. The van der Waals surface area contributed by atoms with Gasteiger partial charge in [-0.15, -0.1) is 0 Å². The number of alkyl halides is 2. The molecule has 1 unspecified atom stereocenters. The number of hydrogen-bond donors (Lipinski definition) is 3. The molecule has 12 nitrogen and oxygen atoms in total. The van der Waals surface area contributed by atoms with Gasteiger partial charge in [0.2, 0.25) is 11.8 Å². The number of carbonyl (C=O) groups is 3. The first-order valence-electron chi connectivity index (χ1n) is 13.5. The van der Waals surface area contributed by atoms with Gasteiger partial charge in [-0.3, -0.25) is 18.8 Å². The summed E-state index contributed by atoms with van der Waals surface area (Å²) >= 11 is 0. The van der Waals surface area contributed by atoms with Gasteiger partial charge in [0, 0.05) is 55.4 Å². The number of anilines is 2. The number of nitrogens with two attached hydrogens (primary N) is 2. The lowest BCUT2D eigenvalue weighted by Crippen LogP contribution is -2.54. The third-order valence-corrected chi connectivity index (χ3v) is 7.14. The topological polar surface area (TPSA) is 161 Å². The van der Waals surface area contributed by atoms with Gasteiger partial charge in [0.05, 0.1) is 24.4 Å². The van der Waals surface area contributed by atoms with E-state index in [-0.39, 0.29) is 24.0 Å². The van der Waals surface area contributed by atoms with Crippen LogP contribution in [0.3, 0.4) is 0 Å². The first-order chi connectivity index (χ1) is 20.6. The van der Waals surface area contributed by atoms with Crippen LogP contribution in [0.2, 0.25) is 0 Å². The lowest BCUT2D eigenvalue weighted by Gasteiger charge is -2.36. The number of aryl methyl sites for hydroxylation is 1. The summed E-state index contributed by atoms with van der Waals surface area (Å²) in [5, 5.41) is 3.26. The van der Waals surface area contributed by atoms with Gasteiger partial charge in [-0.1, -0.05) is 0 Å². The molecular formula is C29H30F2N8O4. The molecule has 43 heavy (non-hydrogen) atoms. The number of nitrogens with zero attached hydrogens (tertiary/aromatic N) is 5. The van der Waals surface area contributed by atoms with Crippen molar-refractivity contribution in [2.24, 2.45) is 11.5 Å². The van der Waals surface area contributed by atoms with Crippen molar-refractivity contribution in [2.45, 2.75) is 26.0 Å². The van der Waals surface area contributed by atoms with Gasteiger partial charge in [-0.25, -0.2) is 9.97 Å². The quantitative estimate of drug-likeness (QED) is 0.267. The van der Waals surface area contributed by atoms with Crippen molar-refractivity contribution in [3.63, 3.8) is 0 Å². The van der Waals surface area contributed by atoms with E-state index < -0.39 is 18.6 Å². The maximum Gasteiger partial charge on any atom is 0.387 e. The number of piperazine rings is 1. The summed E-state index contributed by atoms with van der Waals surface area (Å²) in [6.07, 6.45) is 4.80. The van der Waals surface area contributed by atoms with Crippen molar-refractivity contribution in [3.8, 4) is 17.0 Å². The SMILES string of the molecule is Cc1cc(Nc2nccn3c(-c4ccc(OC(F)F)cc4)cnc23)ccc1C(=O)N1CCN(C(=O)C(N)CC(N)=O)CC1. The van der Waals surface area contributed by atoms with Crippen molar-refractivity contribution >= 4 is 34.9 Å². The van der Waals surface area contributed by atoms with E-state index >= 15 is 0 Å². The number of rotatable bonds is 9. The van der Waals surface area contributed by atoms with Crippen molar-refractivity contribution in [1.29, 1.82) is 0 Å². The van der Waals surface area contributed by atoms with Gasteiger partial charge in [-0.2, -0.15) is 8.78 Å². The van der Waals surface area contributed by atoms with Gasteiger partial charge >= 0.3 is 6.61 Å². The fourth-order valence-electron chi connectivity index (χ4n) is 4.99. The Morgan fingerprint density at radius 2 is 1.72 bits per heavy atom. The number of halogens is 2. The average molecular weight is 593 g/mol. The Labute approximate surface area is 245 Å². The average Bonchev–Trinajstić information content (AvgIpc) is 3.42. The summed E-state index contributed by atoms with van der Waals surface area (Å²) in [4.78, 5) is 49.0. The van der Waals surface area contributed by atoms with Crippen LogP contribution < -0.4 is 21.5 Å². The van der Waals surface area contributed by atoms with Crippen LogP contribution in [0, 0.1) is 6.92 Å². The third kappa shape index (κ3) is 6.54. The molecule has 1 aliphatic rings. The van der Waals surface area contributed by atoms with E-state index in [1.54, 1.807) is 52.7 Å². The van der Waals surface area contributed by atoms with Crippen molar-refractivity contribution in [2.75, 3.05) is 31.5 Å². The normalized spacial score (nSPS) is 14.2. The molecule has 4 aromatic rings. The second-order valence-electron chi connectivity index (χ2n) is 10.1. The Bertz CT molecular complexity index is 1650. The number of aromatic nitrogens is 3. The number of primary amides is 1. The molecule has 2 aromatic heterocycles. The zero-order valence-corrected chi connectivity index (χ0v) is 23.2. The maximum absolute atomic E-state index is 13.3. The smallest absolute Gasteiger partial charge is 0.387 e. The van der Waals surface area contributed by atoms with Crippen LogP contribution in [0.1, 0.15) is 22.3 Å². The molecule has 3 heterocycles.